The molecule has 111 valence electrons. The van der Waals surface area contributed by atoms with Gasteiger partial charge in [-0.1, -0.05) is 12.1 Å². The topological polar surface area (TPSA) is 83.8 Å². The normalized spacial score (nSPS) is 17.0. The molecule has 0 bridgehead atoms. The second-order valence-corrected chi connectivity index (χ2v) is 5.92. The fourth-order valence-corrected chi connectivity index (χ4v) is 2.73. The van der Waals surface area contributed by atoms with Gasteiger partial charge in [-0.15, -0.1) is 0 Å². The highest BCUT2D eigenvalue weighted by atomic mass is 16.5. The number of anilines is 1. The molecule has 2 aromatic heterocycles. The molecule has 6 heteroatoms. The fourth-order valence-electron chi connectivity index (χ4n) is 2.73. The molecule has 0 aromatic carbocycles. The molecule has 1 atom stereocenters. The first-order valence-corrected chi connectivity index (χ1v) is 7.15. The van der Waals surface area contributed by atoms with Crippen LogP contribution in [0.5, 0.6) is 0 Å². The highest BCUT2D eigenvalue weighted by molar-refractivity contribution is 5.91. The van der Waals surface area contributed by atoms with Crippen LogP contribution >= 0.6 is 0 Å². The third-order valence-corrected chi connectivity index (χ3v) is 4.00. The summed E-state index contributed by atoms with van der Waals surface area (Å²) < 4.78 is 5.03. The van der Waals surface area contributed by atoms with E-state index < -0.39 is 0 Å². The van der Waals surface area contributed by atoms with Crippen molar-refractivity contribution in [3.05, 3.63) is 35.7 Å². The molecule has 0 spiro atoms. The molecule has 0 aliphatic heterocycles. The Bertz CT molecular complexity index is 638. The number of rotatable bonds is 4. The Labute approximate surface area is 123 Å². The van der Waals surface area contributed by atoms with Gasteiger partial charge in [0.25, 0.3) is 0 Å². The van der Waals surface area contributed by atoms with Crippen molar-refractivity contribution in [2.45, 2.75) is 44.9 Å². The number of aryl methyl sites for hydroxylation is 1. The van der Waals surface area contributed by atoms with E-state index in [4.69, 9.17) is 4.52 Å². The number of aromatic amines is 1. The van der Waals surface area contributed by atoms with Crippen LogP contribution in [0.3, 0.4) is 0 Å². The van der Waals surface area contributed by atoms with Crippen LogP contribution in [0.4, 0.5) is 5.82 Å². The summed E-state index contributed by atoms with van der Waals surface area (Å²) in [5, 5.41) is 13.8. The molecule has 1 unspecified atom stereocenters. The molecule has 1 fully saturated rings. The smallest absolute Gasteiger partial charge is 0.233 e. The lowest BCUT2D eigenvalue weighted by molar-refractivity contribution is -0.115. The molecule has 3 rings (SSSR count). The lowest BCUT2D eigenvalue weighted by Crippen LogP contribution is -2.17. The highest BCUT2D eigenvalue weighted by Gasteiger charge is 2.32. The summed E-state index contributed by atoms with van der Waals surface area (Å²) in [7, 11) is 0. The van der Waals surface area contributed by atoms with Crippen LogP contribution in [0.15, 0.2) is 16.7 Å². The number of H-pyrrole nitrogens is 1. The van der Waals surface area contributed by atoms with Crippen molar-refractivity contribution in [2.24, 2.45) is 0 Å². The van der Waals surface area contributed by atoms with Gasteiger partial charge in [0.05, 0.1) is 12.1 Å². The number of nitrogens with one attached hydrogen (secondary N) is 2. The third kappa shape index (κ3) is 2.99. The van der Waals surface area contributed by atoms with Gasteiger partial charge in [0, 0.05) is 23.2 Å². The summed E-state index contributed by atoms with van der Waals surface area (Å²) >= 11 is 0. The maximum absolute atomic E-state index is 11.9. The molecular formula is C15H19N4O2. The van der Waals surface area contributed by atoms with E-state index in [0.29, 0.717) is 11.6 Å². The van der Waals surface area contributed by atoms with Crippen LogP contribution in [0, 0.1) is 13.3 Å². The minimum atomic E-state index is -0.160. The van der Waals surface area contributed by atoms with Gasteiger partial charge >= 0.3 is 0 Å². The molecule has 1 aliphatic carbocycles. The molecule has 1 amide bonds. The quantitative estimate of drug-likeness (QED) is 0.905. The van der Waals surface area contributed by atoms with Crippen molar-refractivity contribution >= 4 is 11.7 Å². The van der Waals surface area contributed by atoms with E-state index in [0.717, 1.165) is 30.7 Å². The summed E-state index contributed by atoms with van der Waals surface area (Å²) in [6.45, 7) is 4.04. The van der Waals surface area contributed by atoms with Gasteiger partial charge in [0.1, 0.15) is 5.76 Å². The summed E-state index contributed by atoms with van der Waals surface area (Å²) in [6.07, 6.45) is 5.74. The van der Waals surface area contributed by atoms with E-state index in [2.05, 4.69) is 34.0 Å². The molecule has 21 heavy (non-hydrogen) atoms. The summed E-state index contributed by atoms with van der Waals surface area (Å²) in [5.41, 5.74) is 1.95. The zero-order chi connectivity index (χ0) is 14.9. The van der Waals surface area contributed by atoms with Crippen LogP contribution in [0.1, 0.15) is 43.3 Å². The Morgan fingerprint density at radius 1 is 1.52 bits per heavy atom. The number of nitrogens with zero attached hydrogens (tertiary/aromatic N) is 2. The molecule has 2 aromatic rings. The van der Waals surface area contributed by atoms with Crippen molar-refractivity contribution in [1.29, 1.82) is 0 Å². The minimum absolute atomic E-state index is 0.109. The van der Waals surface area contributed by atoms with Crippen LogP contribution in [-0.2, 0) is 16.6 Å². The predicted octanol–water partition coefficient (Wildman–Crippen LogP) is 2.53. The molecule has 1 aliphatic rings. The van der Waals surface area contributed by atoms with Gasteiger partial charge < -0.3 is 9.84 Å². The van der Waals surface area contributed by atoms with Crippen LogP contribution in [0.25, 0.3) is 0 Å². The van der Waals surface area contributed by atoms with Gasteiger partial charge in [-0.2, -0.15) is 5.10 Å². The summed E-state index contributed by atoms with van der Waals surface area (Å²) in [5.74, 6) is 0.949. The van der Waals surface area contributed by atoms with Crippen molar-refractivity contribution in [3.8, 4) is 0 Å². The zero-order valence-corrected chi connectivity index (χ0v) is 12.3. The van der Waals surface area contributed by atoms with Crippen molar-refractivity contribution < 1.29 is 9.32 Å². The maximum atomic E-state index is 11.9. The third-order valence-electron chi connectivity index (χ3n) is 4.00. The van der Waals surface area contributed by atoms with Gasteiger partial charge in [-0.05, 0) is 32.6 Å². The zero-order valence-electron chi connectivity index (χ0n) is 12.3. The number of amides is 1. The first-order valence-electron chi connectivity index (χ1n) is 7.15. The molecule has 0 saturated heterocycles. The number of hydrogen-bond donors (Lipinski definition) is 2. The number of hydrogen-bond acceptors (Lipinski definition) is 4. The molecule has 2 N–H and O–H groups in total. The number of carbonyl (C=O) groups is 1. The fraction of sp³-hybridized carbons (Fsp3) is 0.467. The van der Waals surface area contributed by atoms with Crippen LogP contribution in [0.2, 0.25) is 0 Å². The number of aromatic nitrogens is 3. The minimum Gasteiger partial charge on any atom is -0.361 e. The summed E-state index contributed by atoms with van der Waals surface area (Å²) in [4.78, 5) is 11.9. The average Bonchev–Trinajstić information content (AvgIpc) is 3.12. The Hall–Kier alpha value is -2.11. The van der Waals surface area contributed by atoms with Crippen molar-refractivity contribution in [1.82, 2.24) is 15.4 Å². The van der Waals surface area contributed by atoms with Crippen molar-refractivity contribution in [2.75, 3.05) is 5.32 Å². The maximum Gasteiger partial charge on any atom is 0.233 e. The lowest BCUT2D eigenvalue weighted by Gasteiger charge is -2.20. The Balaban J connectivity index is 1.63. The van der Waals surface area contributed by atoms with E-state index in [-0.39, 0.29) is 17.7 Å². The highest BCUT2D eigenvalue weighted by Crippen LogP contribution is 2.39. The van der Waals surface area contributed by atoms with E-state index >= 15 is 0 Å². The molecule has 1 radical (unpaired) electrons. The Morgan fingerprint density at radius 3 is 3.05 bits per heavy atom. The van der Waals surface area contributed by atoms with Gasteiger partial charge in [0.2, 0.25) is 5.91 Å². The van der Waals surface area contributed by atoms with Gasteiger partial charge in [-0.3, -0.25) is 9.89 Å². The van der Waals surface area contributed by atoms with E-state index in [9.17, 15) is 4.79 Å². The van der Waals surface area contributed by atoms with E-state index in [1.807, 2.05) is 13.0 Å². The Morgan fingerprint density at radius 2 is 2.38 bits per heavy atom. The second kappa shape index (κ2) is 5.35. The van der Waals surface area contributed by atoms with Crippen LogP contribution in [-0.4, -0.2) is 21.3 Å². The average molecular weight is 287 g/mol. The SMILES string of the molecule is Cc1cc(CC(=O)Nc2cc(C3(C)C[CH]CC3)[nH]n2)on1. The van der Waals surface area contributed by atoms with Crippen LogP contribution < -0.4 is 5.32 Å². The second-order valence-electron chi connectivity index (χ2n) is 5.92. The number of carbonyl (C=O) groups excluding carboxylic acids is 1. The van der Waals surface area contributed by atoms with E-state index in [1.54, 1.807) is 6.07 Å². The van der Waals surface area contributed by atoms with Gasteiger partial charge in [-0.25, -0.2) is 0 Å². The molecule has 6 nitrogen and oxygen atoms in total. The molecule has 2 heterocycles. The standard InChI is InChI=1S/C15H19N4O2/c1-10-7-11(21-19-10)8-14(20)16-13-9-12(17-18-13)15(2)5-3-4-6-15/h3,7,9H,4-6,8H2,1-2H3,(H2,16,17,18,20). The van der Waals surface area contributed by atoms with E-state index in [1.165, 1.54) is 0 Å². The molecular weight excluding hydrogens is 268 g/mol. The first kappa shape index (κ1) is 13.9. The largest absolute Gasteiger partial charge is 0.361 e. The Kier molecular flexibility index (Phi) is 3.53. The lowest BCUT2D eigenvalue weighted by atomic mass is 9.85. The van der Waals surface area contributed by atoms with Crippen molar-refractivity contribution in [3.63, 3.8) is 0 Å². The van der Waals surface area contributed by atoms with Gasteiger partial charge in [0.15, 0.2) is 5.82 Å². The molecule has 1 saturated carbocycles. The summed E-state index contributed by atoms with van der Waals surface area (Å²) in [6, 6.07) is 3.67. The predicted molar refractivity (Wildman–Crippen MR) is 77.7 cm³/mol. The first-order chi connectivity index (χ1) is 10.0. The monoisotopic (exact) mass is 287 g/mol.